The highest BCUT2D eigenvalue weighted by Crippen LogP contribution is 2.12. The Morgan fingerprint density at radius 1 is 1.19 bits per heavy atom. The minimum absolute atomic E-state index is 0.0658. The number of aromatic nitrogens is 2. The topological polar surface area (TPSA) is 46.4 Å². The average molecular weight is 279 g/mol. The van der Waals surface area contributed by atoms with E-state index in [1.54, 1.807) is 0 Å². The lowest BCUT2D eigenvalue weighted by atomic mass is 10.1. The first kappa shape index (κ1) is 13.4. The minimum Gasteiger partial charge on any atom is -0.346 e. The van der Waals surface area contributed by atoms with Crippen molar-refractivity contribution in [3.63, 3.8) is 0 Å². The first-order chi connectivity index (χ1) is 10.1. The van der Waals surface area contributed by atoms with Crippen molar-refractivity contribution >= 4 is 11.6 Å². The zero-order chi connectivity index (χ0) is 14.8. The molecule has 0 spiro atoms. The number of carbonyl (C=O) groups excluding carboxylic acids is 1. The molecule has 0 aliphatic rings. The van der Waals surface area contributed by atoms with Crippen LogP contribution in [0.4, 0.5) is 0 Å². The molecule has 4 heteroatoms. The molecule has 0 radical (unpaired) electrons. The third-order valence-corrected chi connectivity index (χ3v) is 3.53. The normalized spacial score (nSPS) is 10.8. The number of nitrogens with zero attached hydrogens (tertiary/aromatic N) is 2. The van der Waals surface area contributed by atoms with Gasteiger partial charge in [0, 0.05) is 11.8 Å². The van der Waals surface area contributed by atoms with Crippen LogP contribution < -0.4 is 5.32 Å². The summed E-state index contributed by atoms with van der Waals surface area (Å²) in [6.45, 7) is 4.40. The molecule has 0 unspecified atom stereocenters. The van der Waals surface area contributed by atoms with E-state index in [4.69, 9.17) is 0 Å². The lowest BCUT2D eigenvalue weighted by molar-refractivity contribution is 0.0950. The number of rotatable bonds is 3. The van der Waals surface area contributed by atoms with Gasteiger partial charge in [-0.2, -0.15) is 0 Å². The molecule has 3 rings (SSSR count). The second kappa shape index (κ2) is 5.40. The van der Waals surface area contributed by atoms with Crippen LogP contribution in [0, 0.1) is 13.8 Å². The Morgan fingerprint density at radius 2 is 2.05 bits per heavy atom. The van der Waals surface area contributed by atoms with Crippen LogP contribution in [0.1, 0.15) is 27.3 Å². The van der Waals surface area contributed by atoms with Gasteiger partial charge in [0.1, 0.15) is 5.65 Å². The van der Waals surface area contributed by atoms with Crippen molar-refractivity contribution in [3.05, 3.63) is 71.2 Å². The van der Waals surface area contributed by atoms with Crippen LogP contribution >= 0.6 is 0 Å². The first-order valence-corrected chi connectivity index (χ1v) is 6.92. The zero-order valence-electron chi connectivity index (χ0n) is 12.1. The molecule has 4 nitrogen and oxygen atoms in total. The number of fused-ring (bicyclic) bond motifs is 1. The third kappa shape index (κ3) is 2.65. The van der Waals surface area contributed by atoms with E-state index in [-0.39, 0.29) is 5.91 Å². The Labute approximate surface area is 123 Å². The SMILES string of the molecule is Cc1cccc(C(=O)NCc2c(C)nc3ccccn23)c1. The molecule has 2 heterocycles. The van der Waals surface area contributed by atoms with Gasteiger partial charge in [0.05, 0.1) is 17.9 Å². The molecule has 21 heavy (non-hydrogen) atoms. The highest BCUT2D eigenvalue weighted by Gasteiger charge is 2.10. The molecule has 3 aromatic rings. The van der Waals surface area contributed by atoms with Gasteiger partial charge in [0.15, 0.2) is 0 Å². The van der Waals surface area contributed by atoms with E-state index in [0.29, 0.717) is 12.1 Å². The van der Waals surface area contributed by atoms with E-state index in [1.807, 2.05) is 66.9 Å². The van der Waals surface area contributed by atoms with Crippen LogP contribution in [0.3, 0.4) is 0 Å². The molecule has 0 aliphatic heterocycles. The van der Waals surface area contributed by atoms with Gasteiger partial charge in [-0.25, -0.2) is 4.98 Å². The molecule has 2 aromatic heterocycles. The Hall–Kier alpha value is -2.62. The Kier molecular flexibility index (Phi) is 3.44. The summed E-state index contributed by atoms with van der Waals surface area (Å²) in [4.78, 5) is 16.7. The van der Waals surface area contributed by atoms with E-state index < -0.39 is 0 Å². The summed E-state index contributed by atoms with van der Waals surface area (Å²) in [5, 5.41) is 2.96. The second-order valence-electron chi connectivity index (χ2n) is 5.12. The fourth-order valence-electron chi connectivity index (χ4n) is 2.43. The fourth-order valence-corrected chi connectivity index (χ4v) is 2.43. The molecule has 0 saturated carbocycles. The van der Waals surface area contributed by atoms with Gasteiger partial charge in [-0.3, -0.25) is 4.79 Å². The van der Waals surface area contributed by atoms with Crippen LogP contribution in [-0.2, 0) is 6.54 Å². The van der Waals surface area contributed by atoms with Crippen molar-refractivity contribution in [2.24, 2.45) is 0 Å². The Balaban J connectivity index is 1.80. The standard InChI is InChI=1S/C17H17N3O/c1-12-6-5-7-14(10-12)17(21)18-11-15-13(2)19-16-8-3-4-9-20(15)16/h3-10H,11H2,1-2H3,(H,18,21). The predicted molar refractivity (Wildman–Crippen MR) is 82.3 cm³/mol. The smallest absolute Gasteiger partial charge is 0.251 e. The van der Waals surface area contributed by atoms with Crippen molar-refractivity contribution in [1.82, 2.24) is 14.7 Å². The minimum atomic E-state index is -0.0658. The zero-order valence-corrected chi connectivity index (χ0v) is 12.1. The van der Waals surface area contributed by atoms with Crippen molar-refractivity contribution in [1.29, 1.82) is 0 Å². The molecular formula is C17H17N3O. The van der Waals surface area contributed by atoms with Crippen molar-refractivity contribution in [2.45, 2.75) is 20.4 Å². The molecule has 0 atom stereocenters. The largest absolute Gasteiger partial charge is 0.346 e. The summed E-state index contributed by atoms with van der Waals surface area (Å²) in [6, 6.07) is 13.4. The Morgan fingerprint density at radius 3 is 2.86 bits per heavy atom. The van der Waals surface area contributed by atoms with E-state index in [9.17, 15) is 4.79 Å². The number of nitrogens with one attached hydrogen (secondary N) is 1. The van der Waals surface area contributed by atoms with Gasteiger partial charge in [0.25, 0.3) is 5.91 Å². The van der Waals surface area contributed by atoms with E-state index >= 15 is 0 Å². The number of aryl methyl sites for hydroxylation is 2. The summed E-state index contributed by atoms with van der Waals surface area (Å²) in [5.74, 6) is -0.0658. The molecule has 0 aliphatic carbocycles. The number of carbonyl (C=O) groups is 1. The van der Waals surface area contributed by atoms with Gasteiger partial charge >= 0.3 is 0 Å². The molecule has 1 N–H and O–H groups in total. The van der Waals surface area contributed by atoms with Gasteiger partial charge in [-0.05, 0) is 38.1 Å². The van der Waals surface area contributed by atoms with Gasteiger partial charge < -0.3 is 9.72 Å². The maximum Gasteiger partial charge on any atom is 0.251 e. The molecule has 0 saturated heterocycles. The van der Waals surface area contributed by atoms with Crippen molar-refractivity contribution in [3.8, 4) is 0 Å². The quantitative estimate of drug-likeness (QED) is 0.801. The number of pyridine rings is 1. The second-order valence-corrected chi connectivity index (χ2v) is 5.12. The summed E-state index contributed by atoms with van der Waals surface area (Å²) in [6.07, 6.45) is 1.96. The average Bonchev–Trinajstić information content (AvgIpc) is 2.80. The van der Waals surface area contributed by atoms with Crippen LogP contribution in [0.25, 0.3) is 5.65 Å². The molecule has 1 aromatic carbocycles. The number of hydrogen-bond acceptors (Lipinski definition) is 2. The van der Waals surface area contributed by atoms with Crippen LogP contribution in [-0.4, -0.2) is 15.3 Å². The Bertz CT molecular complexity index is 805. The summed E-state index contributed by atoms with van der Waals surface area (Å²) in [7, 11) is 0. The van der Waals surface area contributed by atoms with Crippen LogP contribution in [0.2, 0.25) is 0 Å². The lowest BCUT2D eigenvalue weighted by Crippen LogP contribution is -2.24. The number of amides is 1. The summed E-state index contributed by atoms with van der Waals surface area (Å²) in [5.41, 5.74) is 4.60. The predicted octanol–water partition coefficient (Wildman–Crippen LogP) is 2.88. The molecular weight excluding hydrogens is 262 g/mol. The van der Waals surface area contributed by atoms with E-state index in [1.165, 1.54) is 0 Å². The van der Waals surface area contributed by atoms with E-state index in [0.717, 1.165) is 22.6 Å². The molecule has 0 fully saturated rings. The highest BCUT2D eigenvalue weighted by atomic mass is 16.1. The maximum atomic E-state index is 12.2. The van der Waals surface area contributed by atoms with Gasteiger partial charge in [0.2, 0.25) is 0 Å². The summed E-state index contributed by atoms with van der Waals surface area (Å²) >= 11 is 0. The molecule has 1 amide bonds. The highest BCUT2D eigenvalue weighted by molar-refractivity contribution is 5.94. The molecule has 0 bridgehead atoms. The van der Waals surface area contributed by atoms with Gasteiger partial charge in [-0.15, -0.1) is 0 Å². The lowest BCUT2D eigenvalue weighted by Gasteiger charge is -2.07. The fraction of sp³-hybridized carbons (Fsp3) is 0.176. The van der Waals surface area contributed by atoms with E-state index in [2.05, 4.69) is 10.3 Å². The number of benzene rings is 1. The maximum absolute atomic E-state index is 12.2. The van der Waals surface area contributed by atoms with Crippen LogP contribution in [0.15, 0.2) is 48.7 Å². The van der Waals surface area contributed by atoms with Crippen LogP contribution in [0.5, 0.6) is 0 Å². The van der Waals surface area contributed by atoms with Crippen molar-refractivity contribution < 1.29 is 4.79 Å². The number of imidazole rings is 1. The number of hydrogen-bond donors (Lipinski definition) is 1. The monoisotopic (exact) mass is 279 g/mol. The van der Waals surface area contributed by atoms with Gasteiger partial charge in [-0.1, -0.05) is 23.8 Å². The molecule has 106 valence electrons. The third-order valence-electron chi connectivity index (χ3n) is 3.53. The summed E-state index contributed by atoms with van der Waals surface area (Å²) < 4.78 is 2.01. The first-order valence-electron chi connectivity index (χ1n) is 6.92. The van der Waals surface area contributed by atoms with Crippen molar-refractivity contribution in [2.75, 3.05) is 0 Å².